The minimum Gasteiger partial charge on any atom is -0.370 e. The molecule has 4 amide bonds. The van der Waals surface area contributed by atoms with Crippen LogP contribution in [0.4, 0.5) is 45.3 Å². The molecule has 0 bridgehead atoms. The summed E-state index contributed by atoms with van der Waals surface area (Å²) in [6.45, 7) is 11.4. The minimum atomic E-state index is -4.55. The lowest BCUT2D eigenvalue weighted by molar-refractivity contribution is -0.141. The summed E-state index contributed by atoms with van der Waals surface area (Å²) in [5, 5.41) is 26.5. The Kier molecular flexibility index (Phi) is 28.0. The number of rotatable bonds is 24. The van der Waals surface area contributed by atoms with Crippen molar-refractivity contribution < 1.29 is 58.7 Å². The maximum absolute atomic E-state index is 13.4. The first-order valence-electron chi connectivity index (χ1n) is 34.6. The first-order valence-corrected chi connectivity index (χ1v) is 35.7. The number of unbranched alkanes of at least 4 members (excludes halogenated alkanes) is 1. The van der Waals surface area contributed by atoms with Crippen molar-refractivity contribution in [2.75, 3.05) is 25.0 Å². The summed E-state index contributed by atoms with van der Waals surface area (Å²) < 4.78 is 124. The van der Waals surface area contributed by atoms with Gasteiger partial charge in [0.2, 0.25) is 5.91 Å². The number of alkyl halides is 9. The van der Waals surface area contributed by atoms with E-state index < -0.39 is 71.2 Å². The van der Waals surface area contributed by atoms with E-state index in [9.17, 15) is 58.7 Å². The molecule has 4 N–H and O–H groups in total. The number of amides is 4. The Morgan fingerprint density at radius 3 is 1.35 bits per heavy atom. The number of hydrogen-bond donors (Lipinski definition) is 4. The van der Waals surface area contributed by atoms with Gasteiger partial charge in [0.25, 0.3) is 17.7 Å². The van der Waals surface area contributed by atoms with Gasteiger partial charge in [0, 0.05) is 47.3 Å². The van der Waals surface area contributed by atoms with Gasteiger partial charge in [-0.25, -0.2) is 24.0 Å². The summed E-state index contributed by atoms with van der Waals surface area (Å²) in [5.74, 6) is 0.107. The predicted octanol–water partition coefficient (Wildman–Crippen LogP) is 19.3. The zero-order valence-electron chi connectivity index (χ0n) is 59.0. The number of nitrogens with zero attached hydrogens (tertiary/aromatic N) is 9. The van der Waals surface area contributed by atoms with Crippen LogP contribution in [-0.2, 0) is 23.3 Å². The van der Waals surface area contributed by atoms with E-state index in [1.807, 2.05) is 30.0 Å². The number of benzene rings is 5. The minimum absolute atomic E-state index is 0.0381. The Labute approximate surface area is 628 Å². The van der Waals surface area contributed by atoms with Gasteiger partial charge in [-0.3, -0.25) is 19.2 Å². The van der Waals surface area contributed by atoms with Gasteiger partial charge in [-0.15, -0.1) is 0 Å². The number of nitrogens with one attached hydrogen (secondary N) is 4. The molecule has 5 aromatic carbocycles. The molecule has 5 aromatic heterocycles. The molecule has 107 heavy (non-hydrogen) atoms. The zero-order chi connectivity index (χ0) is 77.2. The van der Waals surface area contributed by atoms with Crippen LogP contribution < -0.4 is 21.3 Å². The number of hydrogen-bond acceptors (Lipinski definition) is 10. The van der Waals surface area contributed by atoms with Crippen LogP contribution in [0.1, 0.15) is 178 Å². The lowest BCUT2D eigenvalue weighted by Crippen LogP contribution is -2.37. The summed E-state index contributed by atoms with van der Waals surface area (Å²) in [6, 6.07) is 38.3. The van der Waals surface area contributed by atoms with Gasteiger partial charge >= 0.3 is 18.5 Å². The molecule has 11 rings (SSSR count). The summed E-state index contributed by atoms with van der Waals surface area (Å²) >= 11 is 17.9. The SMILES string of the molecule is CCC[C@H](NC(=O)c1cnn(-c2ccc(Cl)cc2)c1C)c1cccc(C(F)(F)F)n1.Cc1c(C(=O)N[C@@H](CCCC(=O)N2CCC(C)CC2)c2cccc(C(F)(F)F)c2)cnn1-c1ccc(Cl)cc1.Cc1c(C(=O)N[C@@H](CCCCNc2ccccn2)c2cccc(C(F)(F)F)c2)cnn1-c1ccc(Cl)cc1. The third kappa shape index (κ3) is 22.5. The van der Waals surface area contributed by atoms with Crippen LogP contribution in [0.3, 0.4) is 0 Å². The second kappa shape index (κ2) is 37.0. The summed E-state index contributed by atoms with van der Waals surface area (Å²) in [4.78, 5) is 62.0. The molecule has 0 spiro atoms. The number of halogens is 12. The smallest absolute Gasteiger partial charge is 0.370 e. The largest absolute Gasteiger partial charge is 0.433 e. The van der Waals surface area contributed by atoms with Crippen molar-refractivity contribution in [3.8, 4) is 17.1 Å². The Morgan fingerprint density at radius 1 is 0.505 bits per heavy atom. The number of pyridine rings is 2. The van der Waals surface area contributed by atoms with Gasteiger partial charge in [-0.1, -0.05) is 91.5 Å². The topological polar surface area (TPSA) is 199 Å². The number of carbonyl (C=O) groups excluding carboxylic acids is 4. The number of anilines is 1. The highest BCUT2D eigenvalue weighted by Gasteiger charge is 2.35. The Bertz CT molecular complexity index is 4600. The Balaban J connectivity index is 0.000000187. The molecule has 564 valence electrons. The van der Waals surface area contributed by atoms with Gasteiger partial charge < -0.3 is 26.2 Å². The first kappa shape index (κ1) is 81.0. The molecule has 10 aromatic rings. The van der Waals surface area contributed by atoms with Gasteiger partial charge in [0.05, 0.1) is 104 Å². The first-order chi connectivity index (χ1) is 50.9. The summed E-state index contributed by atoms with van der Waals surface area (Å²) in [6.07, 6.45) is -1.59. The van der Waals surface area contributed by atoms with Crippen molar-refractivity contribution in [2.24, 2.45) is 5.92 Å². The van der Waals surface area contributed by atoms with Crippen LogP contribution >= 0.6 is 34.8 Å². The van der Waals surface area contributed by atoms with Crippen LogP contribution in [0.2, 0.25) is 15.1 Å². The van der Waals surface area contributed by atoms with Crippen LogP contribution in [0.5, 0.6) is 0 Å². The average molecular weight is 1540 g/mol. The highest BCUT2D eigenvalue weighted by Crippen LogP contribution is 2.35. The fraction of sp³-hybridized carbons (Fsp3) is 0.321. The predicted molar refractivity (Wildman–Crippen MR) is 393 cm³/mol. The van der Waals surface area contributed by atoms with Crippen molar-refractivity contribution in [3.63, 3.8) is 0 Å². The molecule has 6 heterocycles. The summed E-state index contributed by atoms with van der Waals surface area (Å²) in [5.41, 5.74) is 3.33. The Hall–Kier alpha value is -10.1. The van der Waals surface area contributed by atoms with E-state index in [1.54, 1.807) is 126 Å². The Morgan fingerprint density at radius 2 is 0.935 bits per heavy atom. The number of carbonyl (C=O) groups is 4. The quantitative estimate of drug-likeness (QED) is 0.0333. The fourth-order valence-corrected chi connectivity index (χ4v) is 12.4. The van der Waals surface area contributed by atoms with Crippen molar-refractivity contribution in [1.82, 2.24) is 60.2 Å². The van der Waals surface area contributed by atoms with E-state index in [2.05, 4.69) is 53.5 Å². The molecule has 0 aliphatic carbocycles. The van der Waals surface area contributed by atoms with E-state index in [0.29, 0.717) is 111 Å². The lowest BCUT2D eigenvalue weighted by Gasteiger charge is -2.30. The summed E-state index contributed by atoms with van der Waals surface area (Å²) in [7, 11) is 0. The van der Waals surface area contributed by atoms with Crippen molar-refractivity contribution in [3.05, 3.63) is 265 Å². The monoisotopic (exact) mass is 1540 g/mol. The standard InChI is InChI=1S/C29H32ClF3N4O2.C28H27ClF3N5O.C21H20ClF3N4O/c1-19-13-15-36(16-14-19)27(38)8-4-7-26(21-5-3-6-22(17-21)29(31,32)33)35-28(39)25-18-34-37(20(25)2)24-11-9-23(30)10-12-24;1-19-24(18-35-37(19)23-13-11-22(29)12-14-23)27(38)36-25(20-7-6-8-21(17-20)28(30,31)32)9-2-4-15-33-26-10-3-5-16-34-26;1-3-5-17(18-6-4-7-19(27-18)21(23,24)25)28-20(30)16-12-26-29(13(16)2)15-10-8-14(22)9-11-15/h3,5-6,9-12,17-19,26H,4,7-8,13-16H2,1-2H3,(H,35,39);3,5-8,10-14,16-18,25H,2,4,9,15H2,1H3,(H,33,34)(H,36,38);4,6-12,17H,3,5H2,1-2H3,(H,28,30)/t26-;25-;17-/m000/s1. The van der Waals surface area contributed by atoms with E-state index in [0.717, 1.165) is 85.6 Å². The highest BCUT2D eigenvalue weighted by atomic mass is 35.5. The molecular weight excluding hydrogens is 1460 g/mol. The maximum Gasteiger partial charge on any atom is 0.433 e. The number of aromatic nitrogens is 8. The maximum atomic E-state index is 13.4. The van der Waals surface area contributed by atoms with E-state index in [4.69, 9.17) is 34.8 Å². The average Bonchev–Trinajstić information content (AvgIpc) is 1.73. The lowest BCUT2D eigenvalue weighted by atomic mass is 9.97. The van der Waals surface area contributed by atoms with E-state index >= 15 is 0 Å². The normalized spacial score (nSPS) is 13.4. The van der Waals surface area contributed by atoms with Crippen LogP contribution in [0, 0.1) is 26.7 Å². The van der Waals surface area contributed by atoms with E-state index in [-0.39, 0.29) is 18.0 Å². The van der Waals surface area contributed by atoms with Gasteiger partial charge in [0.15, 0.2) is 0 Å². The second-order valence-electron chi connectivity index (χ2n) is 25.7. The molecular formula is C78H79Cl3F9N13O4. The molecule has 1 fully saturated rings. The third-order valence-corrected chi connectivity index (χ3v) is 18.8. The van der Waals surface area contributed by atoms with E-state index in [1.165, 1.54) is 42.9 Å². The molecule has 1 aliphatic heterocycles. The van der Waals surface area contributed by atoms with Gasteiger partial charge in [0.1, 0.15) is 11.5 Å². The molecule has 0 unspecified atom stereocenters. The van der Waals surface area contributed by atoms with Gasteiger partial charge in [-0.2, -0.15) is 54.8 Å². The third-order valence-electron chi connectivity index (χ3n) is 18.0. The molecule has 1 saturated heterocycles. The van der Waals surface area contributed by atoms with Gasteiger partial charge in [-0.05, 0) is 211 Å². The molecule has 1 aliphatic rings. The molecule has 29 heteroatoms. The molecule has 0 radical (unpaired) electrons. The number of piperidine rings is 1. The molecule has 0 saturated carbocycles. The second-order valence-corrected chi connectivity index (χ2v) is 27.1. The molecule has 3 atom stereocenters. The van der Waals surface area contributed by atoms with Crippen molar-refractivity contribution >= 4 is 64.2 Å². The number of likely N-dealkylation sites (tertiary alicyclic amines) is 1. The van der Waals surface area contributed by atoms with Crippen molar-refractivity contribution in [1.29, 1.82) is 0 Å². The zero-order valence-corrected chi connectivity index (χ0v) is 61.3. The van der Waals surface area contributed by atoms with Crippen molar-refractivity contribution in [2.45, 2.75) is 135 Å². The molecule has 17 nitrogen and oxygen atoms in total. The van der Waals surface area contributed by atoms with Crippen LogP contribution in [0.15, 0.2) is 183 Å². The van der Waals surface area contributed by atoms with Crippen LogP contribution in [0.25, 0.3) is 17.1 Å². The van der Waals surface area contributed by atoms with Crippen LogP contribution in [-0.4, -0.2) is 87.5 Å². The highest BCUT2D eigenvalue weighted by molar-refractivity contribution is 6.31. The fourth-order valence-electron chi connectivity index (χ4n) is 12.1.